The molecule has 2 rings (SSSR count). The number of rotatable bonds is 2. The van der Waals surface area contributed by atoms with Crippen LogP contribution in [-0.4, -0.2) is 47.7 Å². The summed E-state index contributed by atoms with van der Waals surface area (Å²) in [6.45, 7) is 9.76. The van der Waals surface area contributed by atoms with Crippen LogP contribution in [-0.2, 0) is 11.3 Å². The minimum atomic E-state index is -0.448. The third-order valence-corrected chi connectivity index (χ3v) is 4.08. The van der Waals surface area contributed by atoms with Crippen molar-refractivity contribution < 1.29 is 9.53 Å². The van der Waals surface area contributed by atoms with Gasteiger partial charge in [-0.15, -0.1) is 0 Å². The van der Waals surface area contributed by atoms with E-state index in [4.69, 9.17) is 10.5 Å². The van der Waals surface area contributed by atoms with Crippen LogP contribution in [0.5, 0.6) is 0 Å². The third kappa shape index (κ3) is 6.03. The minimum absolute atomic E-state index is 0.217. The van der Waals surface area contributed by atoms with Crippen molar-refractivity contribution in [2.45, 2.75) is 39.3 Å². The van der Waals surface area contributed by atoms with E-state index >= 15 is 0 Å². The fourth-order valence-electron chi connectivity index (χ4n) is 2.66. The Hall–Kier alpha value is -1.27. The van der Waals surface area contributed by atoms with E-state index in [0.717, 1.165) is 42.8 Å². The molecule has 0 saturated carbocycles. The number of halogens is 1. The highest BCUT2D eigenvalue weighted by Crippen LogP contribution is 2.19. The van der Waals surface area contributed by atoms with E-state index in [1.807, 2.05) is 32.9 Å². The summed E-state index contributed by atoms with van der Waals surface area (Å²) in [5.41, 5.74) is 7.40. The molecule has 1 amide bonds. The standard InChI is InChI=1S/C17H26BrN3O2/c1-17(2,3)23-16(22)21-6-4-5-20(7-8-21)12-13-9-14(18)11-15(19)10-13/h9-11H,4-8,12,19H2,1-3H3. The fourth-order valence-corrected chi connectivity index (χ4v) is 3.22. The Morgan fingerprint density at radius 1 is 1.22 bits per heavy atom. The summed E-state index contributed by atoms with van der Waals surface area (Å²) < 4.78 is 6.46. The van der Waals surface area contributed by atoms with Crippen LogP contribution in [0.15, 0.2) is 22.7 Å². The van der Waals surface area contributed by atoms with Crippen LogP contribution in [0, 0.1) is 0 Å². The van der Waals surface area contributed by atoms with Gasteiger partial charge in [0.15, 0.2) is 0 Å². The molecule has 0 aliphatic carbocycles. The first kappa shape index (κ1) is 18.1. The predicted molar refractivity (Wildman–Crippen MR) is 96.3 cm³/mol. The molecule has 0 aromatic heterocycles. The van der Waals surface area contributed by atoms with E-state index < -0.39 is 5.60 Å². The molecule has 0 radical (unpaired) electrons. The number of amides is 1. The van der Waals surface area contributed by atoms with Gasteiger partial charge in [0.2, 0.25) is 0 Å². The molecule has 0 spiro atoms. The van der Waals surface area contributed by atoms with Gasteiger partial charge in [0.05, 0.1) is 0 Å². The summed E-state index contributed by atoms with van der Waals surface area (Å²) in [5.74, 6) is 0. The Bertz CT molecular complexity index is 537. The Kier molecular flexibility index (Phi) is 5.92. The average Bonchev–Trinajstić information content (AvgIpc) is 2.61. The third-order valence-electron chi connectivity index (χ3n) is 3.63. The number of nitrogens with two attached hydrogens (primary N) is 1. The van der Waals surface area contributed by atoms with E-state index in [1.54, 1.807) is 4.90 Å². The van der Waals surface area contributed by atoms with Gasteiger partial charge in [-0.3, -0.25) is 4.90 Å². The number of benzene rings is 1. The quantitative estimate of drug-likeness (QED) is 0.794. The number of hydrogen-bond donors (Lipinski definition) is 1. The first-order valence-electron chi connectivity index (χ1n) is 7.98. The second-order valence-electron chi connectivity index (χ2n) is 6.99. The molecule has 1 aromatic carbocycles. The molecule has 0 bridgehead atoms. The lowest BCUT2D eigenvalue weighted by Gasteiger charge is -2.26. The zero-order valence-corrected chi connectivity index (χ0v) is 15.7. The largest absolute Gasteiger partial charge is 0.444 e. The topological polar surface area (TPSA) is 58.8 Å². The van der Waals surface area contributed by atoms with Crippen LogP contribution >= 0.6 is 15.9 Å². The number of hydrogen-bond acceptors (Lipinski definition) is 4. The fraction of sp³-hybridized carbons (Fsp3) is 0.588. The Morgan fingerprint density at radius 2 is 1.96 bits per heavy atom. The second-order valence-corrected chi connectivity index (χ2v) is 7.91. The van der Waals surface area contributed by atoms with Gasteiger partial charge in [0, 0.05) is 42.9 Å². The summed E-state index contributed by atoms with van der Waals surface area (Å²) in [4.78, 5) is 16.3. The zero-order chi connectivity index (χ0) is 17.0. The van der Waals surface area contributed by atoms with Gasteiger partial charge in [-0.25, -0.2) is 4.79 Å². The van der Waals surface area contributed by atoms with Gasteiger partial charge in [0.1, 0.15) is 5.60 Å². The smallest absolute Gasteiger partial charge is 0.410 e. The van der Waals surface area contributed by atoms with E-state index in [1.165, 1.54) is 5.56 Å². The van der Waals surface area contributed by atoms with Gasteiger partial charge in [-0.2, -0.15) is 0 Å². The summed E-state index contributed by atoms with van der Waals surface area (Å²) in [7, 11) is 0. The van der Waals surface area contributed by atoms with Crippen LogP contribution in [0.1, 0.15) is 32.8 Å². The van der Waals surface area contributed by atoms with Crippen molar-refractivity contribution in [3.8, 4) is 0 Å². The van der Waals surface area contributed by atoms with Crippen molar-refractivity contribution in [2.24, 2.45) is 0 Å². The molecule has 1 saturated heterocycles. The number of ether oxygens (including phenoxy) is 1. The van der Waals surface area contributed by atoms with Crippen LogP contribution in [0.3, 0.4) is 0 Å². The molecule has 5 nitrogen and oxygen atoms in total. The van der Waals surface area contributed by atoms with Crippen molar-refractivity contribution in [3.63, 3.8) is 0 Å². The predicted octanol–water partition coefficient (Wildman–Crippen LogP) is 3.47. The molecule has 0 unspecified atom stereocenters. The Balaban J connectivity index is 1.92. The van der Waals surface area contributed by atoms with Crippen LogP contribution in [0.4, 0.5) is 10.5 Å². The maximum absolute atomic E-state index is 12.2. The number of nitrogen functional groups attached to an aromatic ring is 1. The van der Waals surface area contributed by atoms with Crippen LogP contribution in [0.2, 0.25) is 0 Å². The highest BCUT2D eigenvalue weighted by molar-refractivity contribution is 9.10. The van der Waals surface area contributed by atoms with E-state index in [9.17, 15) is 4.79 Å². The van der Waals surface area contributed by atoms with E-state index in [-0.39, 0.29) is 6.09 Å². The molecular weight excluding hydrogens is 358 g/mol. The van der Waals surface area contributed by atoms with Crippen molar-refractivity contribution in [3.05, 3.63) is 28.2 Å². The molecule has 1 fully saturated rings. The lowest BCUT2D eigenvalue weighted by Crippen LogP contribution is -2.39. The summed E-state index contributed by atoms with van der Waals surface area (Å²) >= 11 is 3.48. The summed E-state index contributed by atoms with van der Waals surface area (Å²) in [5, 5.41) is 0. The maximum atomic E-state index is 12.2. The van der Waals surface area contributed by atoms with Gasteiger partial charge in [0.25, 0.3) is 0 Å². The molecule has 2 N–H and O–H groups in total. The van der Waals surface area contributed by atoms with Gasteiger partial charge in [-0.05, 0) is 51.0 Å². The van der Waals surface area contributed by atoms with Gasteiger partial charge in [-0.1, -0.05) is 15.9 Å². The van der Waals surface area contributed by atoms with Crippen molar-refractivity contribution >= 4 is 27.7 Å². The first-order valence-corrected chi connectivity index (χ1v) is 8.77. The molecule has 1 heterocycles. The highest BCUT2D eigenvalue weighted by Gasteiger charge is 2.24. The van der Waals surface area contributed by atoms with E-state index in [0.29, 0.717) is 6.54 Å². The second kappa shape index (κ2) is 7.53. The molecule has 6 heteroatoms. The molecular formula is C17H26BrN3O2. The summed E-state index contributed by atoms with van der Waals surface area (Å²) in [6.07, 6.45) is 0.731. The average molecular weight is 384 g/mol. The number of carbonyl (C=O) groups is 1. The lowest BCUT2D eigenvalue weighted by molar-refractivity contribution is 0.0257. The maximum Gasteiger partial charge on any atom is 0.410 e. The summed E-state index contributed by atoms with van der Waals surface area (Å²) in [6, 6.07) is 5.99. The Labute approximate surface area is 146 Å². The first-order chi connectivity index (χ1) is 10.7. The molecule has 1 aliphatic rings. The molecule has 1 aliphatic heterocycles. The SMILES string of the molecule is CC(C)(C)OC(=O)N1CCCN(Cc2cc(N)cc(Br)c2)CC1. The van der Waals surface area contributed by atoms with E-state index in [2.05, 4.69) is 26.9 Å². The minimum Gasteiger partial charge on any atom is -0.444 e. The van der Waals surface area contributed by atoms with Crippen molar-refractivity contribution in [1.29, 1.82) is 0 Å². The normalized spacial score (nSPS) is 17.0. The number of nitrogens with zero attached hydrogens (tertiary/aromatic N) is 2. The molecule has 0 atom stereocenters. The van der Waals surface area contributed by atoms with Crippen molar-refractivity contribution in [1.82, 2.24) is 9.80 Å². The number of anilines is 1. The lowest BCUT2D eigenvalue weighted by atomic mass is 10.2. The van der Waals surface area contributed by atoms with Gasteiger partial charge < -0.3 is 15.4 Å². The molecule has 23 heavy (non-hydrogen) atoms. The van der Waals surface area contributed by atoms with Gasteiger partial charge >= 0.3 is 6.09 Å². The van der Waals surface area contributed by atoms with Crippen molar-refractivity contribution in [2.75, 3.05) is 31.9 Å². The van der Waals surface area contributed by atoms with Crippen LogP contribution in [0.25, 0.3) is 0 Å². The zero-order valence-electron chi connectivity index (χ0n) is 14.1. The monoisotopic (exact) mass is 383 g/mol. The number of carbonyl (C=O) groups excluding carboxylic acids is 1. The van der Waals surface area contributed by atoms with Crippen LogP contribution < -0.4 is 5.73 Å². The molecule has 128 valence electrons. The Morgan fingerprint density at radius 3 is 2.61 bits per heavy atom. The highest BCUT2D eigenvalue weighted by atomic mass is 79.9. The molecule has 1 aromatic rings.